The molecular weight excluding hydrogens is 401 g/mol. The van der Waals surface area contributed by atoms with E-state index in [1.54, 1.807) is 18.2 Å². The number of rotatable bonds is 3. The van der Waals surface area contributed by atoms with Crippen molar-refractivity contribution in [3.8, 4) is 5.75 Å². The zero-order chi connectivity index (χ0) is 20.8. The highest BCUT2D eigenvalue weighted by Gasteiger charge is 2.41. The molecule has 0 fully saturated rings. The lowest BCUT2D eigenvalue weighted by Crippen LogP contribution is -2.48. The molecule has 0 aliphatic carbocycles. The first-order valence-electron chi connectivity index (χ1n) is 8.83. The van der Waals surface area contributed by atoms with Crippen LogP contribution in [0.25, 0.3) is 0 Å². The van der Waals surface area contributed by atoms with Gasteiger partial charge in [-0.15, -0.1) is 24.5 Å². The van der Waals surface area contributed by atoms with Crippen LogP contribution in [0.2, 0.25) is 0 Å². The van der Waals surface area contributed by atoms with Crippen LogP contribution in [0.15, 0.2) is 60.7 Å². The Hall–Kier alpha value is -3.00. The van der Waals surface area contributed by atoms with Crippen molar-refractivity contribution in [1.29, 1.82) is 0 Å². The van der Waals surface area contributed by atoms with Crippen molar-refractivity contribution >= 4 is 28.6 Å². The predicted octanol–water partition coefficient (Wildman–Crippen LogP) is 5.75. The van der Waals surface area contributed by atoms with Gasteiger partial charge in [0.25, 0.3) is 5.91 Å². The molecule has 0 radical (unpaired) electrons. The van der Waals surface area contributed by atoms with Crippen molar-refractivity contribution in [2.45, 2.75) is 19.5 Å². The Kier molecular flexibility index (Phi) is 4.74. The van der Waals surface area contributed by atoms with Crippen LogP contribution in [0.1, 0.15) is 26.3 Å². The average Bonchev–Trinajstić information content (AvgIpc) is 3.10. The van der Waals surface area contributed by atoms with Crippen molar-refractivity contribution < 1.29 is 22.7 Å². The average molecular weight is 418 g/mol. The first-order chi connectivity index (χ1) is 13.8. The number of anilines is 2. The Morgan fingerprint density at radius 1 is 0.966 bits per heavy atom. The zero-order valence-electron chi connectivity index (χ0n) is 15.6. The summed E-state index contributed by atoms with van der Waals surface area (Å²) in [5.41, 5.74) is 1.20. The minimum atomic E-state index is -4.87. The van der Waals surface area contributed by atoms with Gasteiger partial charge in [0, 0.05) is 16.8 Å². The van der Waals surface area contributed by atoms with Crippen LogP contribution < -0.4 is 14.5 Å². The molecule has 1 unspecified atom stereocenters. The van der Waals surface area contributed by atoms with E-state index in [0.29, 0.717) is 5.56 Å². The number of para-hydroxylation sites is 3. The van der Waals surface area contributed by atoms with Crippen LogP contribution in [0.3, 0.4) is 0 Å². The van der Waals surface area contributed by atoms with Gasteiger partial charge in [-0.25, -0.2) is 0 Å². The molecule has 0 saturated heterocycles. The Morgan fingerprint density at radius 3 is 2.28 bits per heavy atom. The van der Waals surface area contributed by atoms with Gasteiger partial charge in [-0.1, -0.05) is 24.3 Å². The first kappa shape index (κ1) is 19.3. The number of carbonyl (C=O) groups excluding carboxylic acids is 1. The van der Waals surface area contributed by atoms with E-state index in [2.05, 4.69) is 4.74 Å². The van der Waals surface area contributed by atoms with Crippen molar-refractivity contribution in [2.75, 3.05) is 16.8 Å². The van der Waals surface area contributed by atoms with Gasteiger partial charge in [-0.3, -0.25) is 9.69 Å². The molecule has 4 rings (SSSR count). The number of alkyl halides is 3. The van der Waals surface area contributed by atoms with Crippen LogP contribution >= 0.6 is 11.3 Å². The molecule has 29 heavy (non-hydrogen) atoms. The maximum absolute atomic E-state index is 13.4. The molecule has 150 valence electrons. The smallest absolute Gasteiger partial charge is 0.404 e. The fourth-order valence-electron chi connectivity index (χ4n) is 3.53. The van der Waals surface area contributed by atoms with E-state index in [4.69, 9.17) is 0 Å². The standard InChI is InChI=1S/C21H17F3N2O2S/c1-13-11-12-18(29-13)19-25(2)15-8-4-3-7-14(15)20(27)26(19)16-9-5-6-10-17(16)28-21(22,23)24/h3-12,19H,1-2H3. The van der Waals surface area contributed by atoms with Crippen molar-refractivity contribution in [2.24, 2.45) is 0 Å². The van der Waals surface area contributed by atoms with Gasteiger partial charge >= 0.3 is 6.36 Å². The molecule has 1 aliphatic heterocycles. The molecular formula is C21H17F3N2O2S. The van der Waals surface area contributed by atoms with Gasteiger partial charge in [0.05, 0.1) is 16.9 Å². The fourth-order valence-corrected chi connectivity index (χ4v) is 4.54. The summed E-state index contributed by atoms with van der Waals surface area (Å²) in [6, 6.07) is 16.6. The number of amides is 1. The summed E-state index contributed by atoms with van der Waals surface area (Å²) in [5.74, 6) is -0.799. The Morgan fingerprint density at radius 2 is 1.62 bits per heavy atom. The minimum absolute atomic E-state index is 0.0623. The number of fused-ring (bicyclic) bond motifs is 1. The van der Waals surface area contributed by atoms with Gasteiger partial charge in [0.1, 0.15) is 6.17 Å². The summed E-state index contributed by atoms with van der Waals surface area (Å²) >= 11 is 1.49. The molecule has 1 aliphatic rings. The third-order valence-corrected chi connectivity index (χ3v) is 5.75. The highest BCUT2D eigenvalue weighted by atomic mass is 32.1. The molecule has 1 aromatic heterocycles. The monoisotopic (exact) mass is 418 g/mol. The molecule has 3 aromatic rings. The van der Waals surface area contributed by atoms with E-state index in [1.165, 1.54) is 34.4 Å². The quantitative estimate of drug-likeness (QED) is 0.543. The second-order valence-corrected chi connectivity index (χ2v) is 7.96. The van der Waals surface area contributed by atoms with Gasteiger partial charge in [0.15, 0.2) is 5.75 Å². The topological polar surface area (TPSA) is 32.8 Å². The van der Waals surface area contributed by atoms with Gasteiger partial charge < -0.3 is 9.64 Å². The fraction of sp³-hybridized carbons (Fsp3) is 0.190. The Bertz CT molecular complexity index is 1060. The zero-order valence-corrected chi connectivity index (χ0v) is 16.4. The number of halogens is 3. The Balaban J connectivity index is 1.91. The number of carbonyl (C=O) groups is 1. The van der Waals surface area contributed by atoms with Crippen molar-refractivity contribution in [1.82, 2.24) is 0 Å². The van der Waals surface area contributed by atoms with Crippen LogP contribution in [-0.2, 0) is 0 Å². The predicted molar refractivity (Wildman–Crippen MR) is 107 cm³/mol. The summed E-state index contributed by atoms with van der Waals surface area (Å²) < 4.78 is 43.2. The van der Waals surface area contributed by atoms with E-state index in [1.807, 2.05) is 43.1 Å². The molecule has 0 spiro atoms. The number of hydrogen-bond donors (Lipinski definition) is 0. The van der Waals surface area contributed by atoms with Gasteiger partial charge in [0.2, 0.25) is 0 Å². The third kappa shape index (κ3) is 3.55. The molecule has 2 aromatic carbocycles. The maximum Gasteiger partial charge on any atom is 0.573 e. The van der Waals surface area contributed by atoms with E-state index in [9.17, 15) is 18.0 Å². The highest BCUT2D eigenvalue weighted by molar-refractivity contribution is 7.12. The molecule has 0 N–H and O–H groups in total. The minimum Gasteiger partial charge on any atom is -0.404 e. The largest absolute Gasteiger partial charge is 0.573 e. The maximum atomic E-state index is 13.4. The molecule has 1 atom stereocenters. The van der Waals surface area contributed by atoms with Crippen LogP contribution in [0.5, 0.6) is 5.75 Å². The van der Waals surface area contributed by atoms with Gasteiger partial charge in [-0.2, -0.15) is 0 Å². The number of hydrogen-bond acceptors (Lipinski definition) is 4. The van der Waals surface area contributed by atoms with Crippen molar-refractivity contribution in [3.05, 3.63) is 76.0 Å². The second-order valence-electron chi connectivity index (χ2n) is 6.64. The van der Waals surface area contributed by atoms with E-state index < -0.39 is 18.3 Å². The lowest BCUT2D eigenvalue weighted by molar-refractivity contribution is -0.274. The number of aryl methyl sites for hydroxylation is 1. The molecule has 0 saturated carbocycles. The van der Waals surface area contributed by atoms with Crippen LogP contribution in [-0.4, -0.2) is 19.3 Å². The molecule has 8 heteroatoms. The van der Waals surface area contributed by atoms with Crippen molar-refractivity contribution in [3.63, 3.8) is 0 Å². The number of thiophene rings is 1. The van der Waals surface area contributed by atoms with E-state index in [-0.39, 0.29) is 11.6 Å². The molecule has 0 bridgehead atoms. The van der Waals surface area contributed by atoms with Crippen LogP contribution in [0, 0.1) is 6.92 Å². The number of benzene rings is 2. The summed E-state index contributed by atoms with van der Waals surface area (Å²) in [6.07, 6.45) is -5.47. The molecule has 4 nitrogen and oxygen atoms in total. The van der Waals surface area contributed by atoms with E-state index >= 15 is 0 Å². The second kappa shape index (κ2) is 7.11. The number of ether oxygens (including phenoxy) is 1. The molecule has 1 amide bonds. The highest BCUT2D eigenvalue weighted by Crippen LogP contribution is 2.45. The lowest BCUT2D eigenvalue weighted by Gasteiger charge is -2.43. The van der Waals surface area contributed by atoms with E-state index in [0.717, 1.165) is 15.4 Å². The third-order valence-electron chi connectivity index (χ3n) is 4.71. The van der Waals surface area contributed by atoms with Gasteiger partial charge in [-0.05, 0) is 43.3 Å². The lowest BCUT2D eigenvalue weighted by atomic mass is 10.0. The summed E-state index contributed by atoms with van der Waals surface area (Å²) in [7, 11) is 1.82. The normalized spacial score (nSPS) is 16.7. The summed E-state index contributed by atoms with van der Waals surface area (Å²) in [6.45, 7) is 1.94. The molecule has 2 heterocycles. The Labute approximate surface area is 169 Å². The first-order valence-corrected chi connectivity index (χ1v) is 9.64. The summed E-state index contributed by atoms with van der Waals surface area (Å²) in [4.78, 5) is 18.6. The summed E-state index contributed by atoms with van der Waals surface area (Å²) in [5, 5.41) is 0. The number of nitrogens with zero attached hydrogens (tertiary/aromatic N) is 2. The SMILES string of the molecule is Cc1ccc(C2N(C)c3ccccc3C(=O)N2c2ccccc2OC(F)(F)F)s1. The van der Waals surface area contributed by atoms with Crippen LogP contribution in [0.4, 0.5) is 24.5 Å².